The first kappa shape index (κ1) is 16.7. The summed E-state index contributed by atoms with van der Waals surface area (Å²) in [6.45, 7) is 10.7. The molecule has 0 spiro atoms. The molecule has 4 heteroatoms. The number of hydrogen-bond donors (Lipinski definition) is 0. The third-order valence-corrected chi connectivity index (χ3v) is 4.83. The zero-order valence-corrected chi connectivity index (χ0v) is 16.0. The first-order valence-corrected chi connectivity index (χ1v) is 8.42. The van der Waals surface area contributed by atoms with E-state index in [1.165, 1.54) is 16.7 Å². The summed E-state index contributed by atoms with van der Waals surface area (Å²) in [6, 6.07) is 6.53. The van der Waals surface area contributed by atoms with Gasteiger partial charge in [0.15, 0.2) is 0 Å². The predicted octanol–water partition coefficient (Wildman–Crippen LogP) is 5.24. The normalized spacial score (nSPS) is 11.8. The number of nitrogens with zero attached hydrogens (tertiary/aromatic N) is 2. The topological polar surface area (TPSA) is 25.8 Å². The van der Waals surface area contributed by atoms with Gasteiger partial charge in [-0.2, -0.15) is 0 Å². The van der Waals surface area contributed by atoms with Gasteiger partial charge >= 0.3 is 0 Å². The van der Waals surface area contributed by atoms with Gasteiger partial charge in [-0.1, -0.05) is 61.7 Å². The van der Waals surface area contributed by atoms with Crippen LogP contribution in [0.1, 0.15) is 49.0 Å². The number of aromatic nitrogens is 2. The molecule has 0 bridgehead atoms. The fraction of sp³-hybridized carbons (Fsp3) is 0.412. The lowest BCUT2D eigenvalue weighted by Crippen LogP contribution is -2.18. The molecule has 0 saturated heterocycles. The van der Waals surface area contributed by atoms with E-state index in [1.807, 2.05) is 0 Å². The van der Waals surface area contributed by atoms with Crippen molar-refractivity contribution in [3.05, 3.63) is 55.1 Å². The molecule has 1 heterocycles. The predicted molar refractivity (Wildman–Crippen MR) is 97.2 cm³/mol. The van der Waals surface area contributed by atoms with Crippen molar-refractivity contribution in [1.82, 2.24) is 9.97 Å². The van der Waals surface area contributed by atoms with Crippen LogP contribution >= 0.6 is 34.2 Å². The molecule has 0 radical (unpaired) electrons. The molecule has 2 aromatic rings. The standard InChI is InChI=1S/C17H20ClIN2/c1-10-6-11(2)8-12(7-10)9-13-20-15(17(3,4)5)14(19)16(18)21-13/h6-8H,9H2,1-5H3. The van der Waals surface area contributed by atoms with Crippen molar-refractivity contribution in [2.24, 2.45) is 0 Å². The van der Waals surface area contributed by atoms with E-state index in [4.69, 9.17) is 16.6 Å². The van der Waals surface area contributed by atoms with E-state index in [0.29, 0.717) is 11.6 Å². The van der Waals surface area contributed by atoms with E-state index in [9.17, 15) is 0 Å². The number of halogens is 2. The van der Waals surface area contributed by atoms with Gasteiger partial charge in [-0.05, 0) is 42.0 Å². The quantitative estimate of drug-likeness (QED) is 0.496. The fourth-order valence-electron chi connectivity index (χ4n) is 2.39. The van der Waals surface area contributed by atoms with Crippen LogP contribution in [-0.2, 0) is 11.8 Å². The van der Waals surface area contributed by atoms with Crippen LogP contribution in [0.4, 0.5) is 0 Å². The molecule has 112 valence electrons. The van der Waals surface area contributed by atoms with Gasteiger partial charge in [-0.25, -0.2) is 9.97 Å². The molecule has 21 heavy (non-hydrogen) atoms. The lowest BCUT2D eigenvalue weighted by Gasteiger charge is -2.20. The second kappa shape index (κ2) is 6.21. The van der Waals surface area contributed by atoms with Crippen LogP contribution < -0.4 is 0 Å². The largest absolute Gasteiger partial charge is 0.236 e. The molecule has 1 aromatic carbocycles. The molecule has 2 nitrogen and oxygen atoms in total. The van der Waals surface area contributed by atoms with Gasteiger partial charge < -0.3 is 0 Å². The van der Waals surface area contributed by atoms with Gasteiger partial charge in [0.1, 0.15) is 11.0 Å². The molecular weight excluding hydrogens is 395 g/mol. The number of aryl methyl sites for hydroxylation is 2. The first-order chi connectivity index (χ1) is 9.66. The Balaban J connectivity index is 2.43. The Labute approximate surface area is 145 Å². The Morgan fingerprint density at radius 1 is 1.05 bits per heavy atom. The number of rotatable bonds is 2. The SMILES string of the molecule is Cc1cc(C)cc(Cc2nc(Cl)c(I)c(C(C)(C)C)n2)c1. The summed E-state index contributed by atoms with van der Waals surface area (Å²) in [4.78, 5) is 9.20. The van der Waals surface area contributed by atoms with Crippen molar-refractivity contribution in [3.8, 4) is 0 Å². The second-order valence-corrected chi connectivity index (χ2v) is 7.95. The molecule has 0 aliphatic rings. The van der Waals surface area contributed by atoms with Crippen molar-refractivity contribution in [2.75, 3.05) is 0 Å². The van der Waals surface area contributed by atoms with Gasteiger partial charge in [0.25, 0.3) is 0 Å². The summed E-state index contributed by atoms with van der Waals surface area (Å²) in [5.74, 6) is 0.787. The third-order valence-electron chi connectivity index (χ3n) is 3.21. The molecule has 0 aliphatic carbocycles. The Hall–Kier alpha value is -0.680. The van der Waals surface area contributed by atoms with Crippen LogP contribution in [-0.4, -0.2) is 9.97 Å². The van der Waals surface area contributed by atoms with Crippen LogP contribution in [0.3, 0.4) is 0 Å². The molecule has 1 aromatic heterocycles. The third kappa shape index (κ3) is 4.16. The van der Waals surface area contributed by atoms with Crippen LogP contribution in [0.5, 0.6) is 0 Å². The first-order valence-electron chi connectivity index (χ1n) is 6.96. The maximum Gasteiger partial charge on any atom is 0.146 e. The monoisotopic (exact) mass is 414 g/mol. The highest BCUT2D eigenvalue weighted by atomic mass is 127. The maximum absolute atomic E-state index is 6.30. The zero-order valence-electron chi connectivity index (χ0n) is 13.1. The van der Waals surface area contributed by atoms with Crippen molar-refractivity contribution in [3.63, 3.8) is 0 Å². The van der Waals surface area contributed by atoms with Gasteiger partial charge in [-0.3, -0.25) is 0 Å². The van der Waals surface area contributed by atoms with E-state index in [0.717, 1.165) is 15.1 Å². The minimum atomic E-state index is -0.0413. The lowest BCUT2D eigenvalue weighted by molar-refractivity contribution is 0.558. The summed E-state index contributed by atoms with van der Waals surface area (Å²) in [5.41, 5.74) is 4.72. The van der Waals surface area contributed by atoms with Gasteiger partial charge in [0, 0.05) is 11.8 Å². The minimum Gasteiger partial charge on any atom is -0.236 e. The number of benzene rings is 1. The van der Waals surface area contributed by atoms with Crippen molar-refractivity contribution in [1.29, 1.82) is 0 Å². The molecule has 0 fully saturated rings. The van der Waals surface area contributed by atoms with Gasteiger partial charge in [0.2, 0.25) is 0 Å². The summed E-state index contributed by atoms with van der Waals surface area (Å²) in [6.07, 6.45) is 0.711. The van der Waals surface area contributed by atoms with E-state index in [2.05, 4.69) is 80.4 Å². The summed E-state index contributed by atoms with van der Waals surface area (Å²) in [7, 11) is 0. The molecule has 0 unspecified atom stereocenters. The lowest BCUT2D eigenvalue weighted by atomic mass is 9.92. The van der Waals surface area contributed by atoms with Gasteiger partial charge in [0.05, 0.1) is 9.26 Å². The molecule has 2 rings (SSSR count). The van der Waals surface area contributed by atoms with E-state index < -0.39 is 0 Å². The molecular formula is C17H20ClIN2. The Morgan fingerprint density at radius 2 is 1.62 bits per heavy atom. The van der Waals surface area contributed by atoms with Crippen LogP contribution in [0, 0.1) is 17.4 Å². The zero-order chi connectivity index (χ0) is 15.8. The van der Waals surface area contributed by atoms with E-state index >= 15 is 0 Å². The molecule has 0 saturated carbocycles. The van der Waals surface area contributed by atoms with E-state index in [-0.39, 0.29) is 5.41 Å². The van der Waals surface area contributed by atoms with Crippen molar-refractivity contribution < 1.29 is 0 Å². The average molecular weight is 415 g/mol. The van der Waals surface area contributed by atoms with Crippen LogP contribution in [0.25, 0.3) is 0 Å². The second-order valence-electron chi connectivity index (χ2n) is 6.52. The Morgan fingerprint density at radius 3 is 2.14 bits per heavy atom. The highest BCUT2D eigenvalue weighted by molar-refractivity contribution is 14.1. The average Bonchev–Trinajstić information content (AvgIpc) is 2.30. The fourth-order valence-corrected chi connectivity index (χ4v) is 3.63. The summed E-state index contributed by atoms with van der Waals surface area (Å²) in [5, 5.41) is 0.551. The molecule has 0 amide bonds. The molecule has 0 aliphatic heterocycles. The molecule has 0 atom stereocenters. The summed E-state index contributed by atoms with van der Waals surface area (Å²) >= 11 is 8.53. The highest BCUT2D eigenvalue weighted by Gasteiger charge is 2.22. The van der Waals surface area contributed by atoms with Gasteiger partial charge in [-0.15, -0.1) is 0 Å². The Bertz CT molecular complexity index is 655. The van der Waals surface area contributed by atoms with Crippen LogP contribution in [0.2, 0.25) is 5.15 Å². The van der Waals surface area contributed by atoms with Crippen molar-refractivity contribution in [2.45, 2.75) is 46.5 Å². The summed E-state index contributed by atoms with van der Waals surface area (Å²) < 4.78 is 0.950. The highest BCUT2D eigenvalue weighted by Crippen LogP contribution is 2.29. The van der Waals surface area contributed by atoms with Crippen molar-refractivity contribution >= 4 is 34.2 Å². The van der Waals surface area contributed by atoms with E-state index in [1.54, 1.807) is 0 Å². The minimum absolute atomic E-state index is 0.0413. The smallest absolute Gasteiger partial charge is 0.146 e. The maximum atomic E-state index is 6.30. The van der Waals surface area contributed by atoms with Crippen LogP contribution in [0.15, 0.2) is 18.2 Å². The Kier molecular flexibility index (Phi) is 4.93. The number of hydrogen-bond acceptors (Lipinski definition) is 2. The molecule has 0 N–H and O–H groups in total.